The largest absolute Gasteiger partial charge is 0.381 e. The highest BCUT2D eigenvalue weighted by Gasteiger charge is 2.36. The van der Waals surface area contributed by atoms with Crippen LogP contribution in [0.4, 0.5) is 0 Å². The van der Waals surface area contributed by atoms with Gasteiger partial charge in [-0.1, -0.05) is 13.0 Å². The molecule has 0 atom stereocenters. The minimum atomic E-state index is -3.45. The van der Waals surface area contributed by atoms with Gasteiger partial charge < -0.3 is 4.74 Å². The second-order valence-corrected chi connectivity index (χ2v) is 9.88. The Morgan fingerprint density at radius 2 is 2.04 bits per heavy atom. The third kappa shape index (κ3) is 3.69. The standard InChI is InChI=1S/C16H21NO3S3/c1-2-13-5-6-15(22-13)23(18,19)17-12-16(7-9-20-10-8-16)14-4-3-11-21-14/h3-6,11,17H,2,7-10,12H2,1H3. The molecular weight excluding hydrogens is 350 g/mol. The Bertz CT molecular complexity index is 728. The zero-order valence-corrected chi connectivity index (χ0v) is 15.5. The number of hydrogen-bond acceptors (Lipinski definition) is 5. The van der Waals surface area contributed by atoms with Crippen LogP contribution in [-0.2, 0) is 26.6 Å². The van der Waals surface area contributed by atoms with Gasteiger partial charge >= 0.3 is 0 Å². The molecule has 2 aromatic heterocycles. The molecule has 0 aromatic carbocycles. The van der Waals surface area contributed by atoms with Crippen molar-refractivity contribution in [3.63, 3.8) is 0 Å². The molecule has 1 fully saturated rings. The molecule has 0 radical (unpaired) electrons. The topological polar surface area (TPSA) is 55.4 Å². The maximum Gasteiger partial charge on any atom is 0.250 e. The smallest absolute Gasteiger partial charge is 0.250 e. The van der Waals surface area contributed by atoms with E-state index in [1.165, 1.54) is 16.2 Å². The fraction of sp³-hybridized carbons (Fsp3) is 0.500. The molecule has 1 aliphatic rings. The van der Waals surface area contributed by atoms with Crippen LogP contribution >= 0.6 is 22.7 Å². The lowest BCUT2D eigenvalue weighted by Crippen LogP contribution is -2.43. The SMILES string of the molecule is CCc1ccc(S(=O)(=O)NCC2(c3cccs3)CCOCC2)s1. The molecule has 0 bridgehead atoms. The van der Waals surface area contributed by atoms with E-state index < -0.39 is 10.0 Å². The lowest BCUT2D eigenvalue weighted by molar-refractivity contribution is 0.0529. The van der Waals surface area contributed by atoms with E-state index >= 15 is 0 Å². The van der Waals surface area contributed by atoms with Crippen LogP contribution < -0.4 is 4.72 Å². The number of rotatable bonds is 6. The number of nitrogens with one attached hydrogen (secondary N) is 1. The lowest BCUT2D eigenvalue weighted by atomic mass is 9.79. The third-order valence-electron chi connectivity index (χ3n) is 4.34. The normalized spacial score (nSPS) is 18.1. The first-order valence-corrected chi connectivity index (χ1v) is 10.9. The summed E-state index contributed by atoms with van der Waals surface area (Å²) in [7, 11) is -3.45. The Morgan fingerprint density at radius 1 is 1.26 bits per heavy atom. The minimum absolute atomic E-state index is 0.148. The van der Waals surface area contributed by atoms with E-state index in [1.807, 2.05) is 24.4 Å². The Balaban J connectivity index is 1.78. The van der Waals surface area contributed by atoms with Gasteiger partial charge in [-0.25, -0.2) is 13.1 Å². The average molecular weight is 372 g/mol. The van der Waals surface area contributed by atoms with Gasteiger partial charge in [-0.15, -0.1) is 22.7 Å². The second-order valence-electron chi connectivity index (χ2n) is 5.77. The molecule has 23 heavy (non-hydrogen) atoms. The van der Waals surface area contributed by atoms with Crippen LogP contribution in [0, 0.1) is 0 Å². The second kappa shape index (κ2) is 7.03. The summed E-state index contributed by atoms with van der Waals surface area (Å²) in [5.74, 6) is 0. The fourth-order valence-corrected chi connectivity index (χ4v) is 6.30. The number of hydrogen-bond donors (Lipinski definition) is 1. The molecular formula is C16H21NO3S3. The molecule has 1 aliphatic heterocycles. The molecule has 3 heterocycles. The summed E-state index contributed by atoms with van der Waals surface area (Å²) < 4.78 is 33.9. The van der Waals surface area contributed by atoms with E-state index in [9.17, 15) is 8.42 Å². The summed E-state index contributed by atoms with van der Waals surface area (Å²) >= 11 is 3.04. The highest BCUT2D eigenvalue weighted by molar-refractivity contribution is 7.91. The predicted molar refractivity (Wildman–Crippen MR) is 94.9 cm³/mol. The molecule has 2 aromatic rings. The molecule has 1 N–H and O–H groups in total. The summed E-state index contributed by atoms with van der Waals surface area (Å²) in [6, 6.07) is 7.72. The lowest BCUT2D eigenvalue weighted by Gasteiger charge is -2.36. The number of ether oxygens (including phenoxy) is 1. The average Bonchev–Trinajstić information content (AvgIpc) is 3.25. The van der Waals surface area contributed by atoms with Gasteiger partial charge in [0.1, 0.15) is 4.21 Å². The van der Waals surface area contributed by atoms with Crippen molar-refractivity contribution in [3.05, 3.63) is 39.4 Å². The molecule has 4 nitrogen and oxygen atoms in total. The van der Waals surface area contributed by atoms with E-state index in [0.717, 1.165) is 24.1 Å². The molecule has 0 amide bonds. The van der Waals surface area contributed by atoms with Gasteiger partial charge in [0, 0.05) is 34.9 Å². The molecule has 0 aliphatic carbocycles. The van der Waals surface area contributed by atoms with E-state index in [-0.39, 0.29) is 5.41 Å². The summed E-state index contributed by atoms with van der Waals surface area (Å²) in [5.41, 5.74) is -0.148. The van der Waals surface area contributed by atoms with Crippen LogP contribution in [0.15, 0.2) is 33.9 Å². The van der Waals surface area contributed by atoms with Crippen LogP contribution in [-0.4, -0.2) is 28.2 Å². The first-order chi connectivity index (χ1) is 11.1. The Labute approximate surface area is 145 Å². The first kappa shape index (κ1) is 17.1. The summed E-state index contributed by atoms with van der Waals surface area (Å²) in [6.45, 7) is 3.82. The van der Waals surface area contributed by atoms with Crippen molar-refractivity contribution in [1.82, 2.24) is 4.72 Å². The maximum atomic E-state index is 12.6. The molecule has 3 rings (SSSR count). The summed E-state index contributed by atoms with van der Waals surface area (Å²) in [5, 5.41) is 2.05. The molecule has 1 saturated heterocycles. The summed E-state index contributed by atoms with van der Waals surface area (Å²) in [6.07, 6.45) is 2.55. The maximum absolute atomic E-state index is 12.6. The van der Waals surface area contributed by atoms with Gasteiger partial charge in [0.15, 0.2) is 0 Å². The van der Waals surface area contributed by atoms with Crippen molar-refractivity contribution in [2.75, 3.05) is 19.8 Å². The van der Waals surface area contributed by atoms with Crippen molar-refractivity contribution in [2.24, 2.45) is 0 Å². The van der Waals surface area contributed by atoms with Crippen molar-refractivity contribution >= 4 is 32.7 Å². The first-order valence-electron chi connectivity index (χ1n) is 7.76. The van der Waals surface area contributed by atoms with Crippen LogP contribution in [0.1, 0.15) is 29.5 Å². The highest BCUT2D eigenvalue weighted by atomic mass is 32.2. The zero-order valence-electron chi connectivity index (χ0n) is 13.1. The van der Waals surface area contributed by atoms with Gasteiger partial charge in [-0.2, -0.15) is 0 Å². The molecule has 0 unspecified atom stereocenters. The van der Waals surface area contributed by atoms with E-state index in [4.69, 9.17) is 4.74 Å². The van der Waals surface area contributed by atoms with Gasteiger partial charge in [-0.3, -0.25) is 0 Å². The van der Waals surface area contributed by atoms with Crippen molar-refractivity contribution < 1.29 is 13.2 Å². The van der Waals surface area contributed by atoms with Gasteiger partial charge in [0.25, 0.3) is 0 Å². The van der Waals surface area contributed by atoms with Crippen LogP contribution in [0.25, 0.3) is 0 Å². The fourth-order valence-electron chi connectivity index (χ4n) is 2.85. The minimum Gasteiger partial charge on any atom is -0.381 e. The third-order valence-corrected chi connectivity index (χ3v) is 8.58. The Hall–Kier alpha value is -0.730. The molecule has 0 saturated carbocycles. The van der Waals surface area contributed by atoms with Crippen molar-refractivity contribution in [1.29, 1.82) is 0 Å². The quantitative estimate of drug-likeness (QED) is 0.847. The number of thiophene rings is 2. The Kier molecular flexibility index (Phi) is 5.22. The summed E-state index contributed by atoms with van der Waals surface area (Å²) in [4.78, 5) is 2.33. The molecule has 0 spiro atoms. The van der Waals surface area contributed by atoms with Gasteiger partial charge in [-0.05, 0) is 42.8 Å². The van der Waals surface area contributed by atoms with Crippen LogP contribution in [0.3, 0.4) is 0 Å². The highest BCUT2D eigenvalue weighted by Crippen LogP contribution is 2.37. The van der Waals surface area contributed by atoms with Gasteiger partial charge in [0.05, 0.1) is 0 Å². The van der Waals surface area contributed by atoms with Crippen molar-refractivity contribution in [3.8, 4) is 0 Å². The van der Waals surface area contributed by atoms with E-state index in [2.05, 4.69) is 10.8 Å². The van der Waals surface area contributed by atoms with Crippen molar-refractivity contribution in [2.45, 2.75) is 35.8 Å². The van der Waals surface area contributed by atoms with Gasteiger partial charge in [0.2, 0.25) is 10.0 Å². The monoisotopic (exact) mass is 371 g/mol. The number of sulfonamides is 1. The van der Waals surface area contributed by atoms with E-state index in [1.54, 1.807) is 17.4 Å². The number of aryl methyl sites for hydroxylation is 1. The molecule has 7 heteroatoms. The zero-order chi connectivity index (χ0) is 16.3. The molecule has 126 valence electrons. The van der Waals surface area contributed by atoms with Crippen LogP contribution in [0.5, 0.6) is 0 Å². The Morgan fingerprint density at radius 3 is 2.65 bits per heavy atom. The predicted octanol–water partition coefficient (Wildman–Crippen LogP) is 3.40. The van der Waals surface area contributed by atoms with E-state index in [0.29, 0.717) is 24.0 Å². The van der Waals surface area contributed by atoms with Crippen LogP contribution in [0.2, 0.25) is 0 Å².